The van der Waals surface area contributed by atoms with Crippen molar-refractivity contribution >= 4 is 6.29 Å². The number of carbonyl (C=O) groups is 1. The molecular formula is C10H9FO2. The van der Waals surface area contributed by atoms with Gasteiger partial charge >= 0.3 is 0 Å². The Morgan fingerprint density at radius 1 is 1.54 bits per heavy atom. The summed E-state index contributed by atoms with van der Waals surface area (Å²) in [6.45, 7) is 3.46. The van der Waals surface area contributed by atoms with E-state index in [-0.39, 0.29) is 5.56 Å². The Kier molecular flexibility index (Phi) is 2.80. The van der Waals surface area contributed by atoms with Crippen LogP contribution in [0.4, 0.5) is 4.39 Å². The number of rotatable bonds is 3. The van der Waals surface area contributed by atoms with E-state index >= 15 is 0 Å². The number of halogens is 1. The molecule has 1 aromatic carbocycles. The van der Waals surface area contributed by atoms with Gasteiger partial charge in [0.15, 0.2) is 11.6 Å². The lowest BCUT2D eigenvalue weighted by molar-refractivity contribution is 0.112. The minimum absolute atomic E-state index is 0.215. The molecule has 0 aliphatic rings. The quantitative estimate of drug-likeness (QED) is 0.571. The summed E-state index contributed by atoms with van der Waals surface area (Å²) in [5.74, 6) is -1.19. The second-order valence-corrected chi connectivity index (χ2v) is 2.62. The summed E-state index contributed by atoms with van der Waals surface area (Å²) < 4.78 is 12.9. The average molecular weight is 180 g/mol. The molecule has 0 spiro atoms. The van der Waals surface area contributed by atoms with Crippen LogP contribution in [0.3, 0.4) is 0 Å². The van der Waals surface area contributed by atoms with Gasteiger partial charge in [0.2, 0.25) is 0 Å². The fourth-order valence-corrected chi connectivity index (χ4v) is 1.06. The second kappa shape index (κ2) is 3.85. The van der Waals surface area contributed by atoms with Crippen LogP contribution in [0, 0.1) is 5.82 Å². The molecule has 0 unspecified atom stereocenters. The van der Waals surface area contributed by atoms with Gasteiger partial charge in [-0.05, 0) is 18.6 Å². The lowest BCUT2D eigenvalue weighted by Gasteiger charge is -2.03. The second-order valence-electron chi connectivity index (χ2n) is 2.62. The Balaban J connectivity index is 3.23. The number of phenolic OH excluding ortho intramolecular Hbond substituents is 1. The molecule has 0 aromatic heterocycles. The van der Waals surface area contributed by atoms with E-state index in [1.807, 2.05) is 0 Å². The van der Waals surface area contributed by atoms with Crippen LogP contribution in [0.5, 0.6) is 5.75 Å². The van der Waals surface area contributed by atoms with Crippen LogP contribution in [0.2, 0.25) is 0 Å². The lowest BCUT2D eigenvalue weighted by Crippen LogP contribution is -1.90. The van der Waals surface area contributed by atoms with Crippen molar-refractivity contribution in [2.75, 3.05) is 0 Å². The number of hydrogen-bond acceptors (Lipinski definition) is 2. The molecule has 0 aliphatic carbocycles. The van der Waals surface area contributed by atoms with E-state index in [2.05, 4.69) is 6.58 Å². The summed E-state index contributed by atoms with van der Waals surface area (Å²) in [6, 6.07) is 2.43. The van der Waals surface area contributed by atoms with E-state index in [1.54, 1.807) is 0 Å². The van der Waals surface area contributed by atoms with Crippen molar-refractivity contribution in [2.24, 2.45) is 0 Å². The van der Waals surface area contributed by atoms with Crippen LogP contribution in [0.25, 0.3) is 0 Å². The molecule has 0 bridgehead atoms. The molecule has 2 nitrogen and oxygen atoms in total. The molecule has 0 radical (unpaired) electrons. The Labute approximate surface area is 75.3 Å². The molecule has 3 heteroatoms. The van der Waals surface area contributed by atoms with Gasteiger partial charge in [-0.1, -0.05) is 6.08 Å². The highest BCUT2D eigenvalue weighted by molar-refractivity contribution is 5.75. The minimum Gasteiger partial charge on any atom is -0.505 e. The van der Waals surface area contributed by atoms with Crippen molar-refractivity contribution in [3.8, 4) is 5.75 Å². The third-order valence-electron chi connectivity index (χ3n) is 1.67. The van der Waals surface area contributed by atoms with Crippen molar-refractivity contribution in [1.82, 2.24) is 0 Å². The topological polar surface area (TPSA) is 37.3 Å². The zero-order chi connectivity index (χ0) is 9.84. The van der Waals surface area contributed by atoms with E-state index in [9.17, 15) is 14.3 Å². The number of hydrogen-bond donors (Lipinski definition) is 1. The predicted molar refractivity (Wildman–Crippen MR) is 47.4 cm³/mol. The highest BCUT2D eigenvalue weighted by Crippen LogP contribution is 2.23. The molecule has 0 aliphatic heterocycles. The molecule has 68 valence electrons. The summed E-state index contributed by atoms with van der Waals surface area (Å²) in [5, 5.41) is 9.21. The number of carbonyl (C=O) groups excluding carboxylic acids is 1. The maximum Gasteiger partial charge on any atom is 0.165 e. The normalized spacial score (nSPS) is 9.62. The van der Waals surface area contributed by atoms with Gasteiger partial charge in [-0.3, -0.25) is 4.79 Å². The van der Waals surface area contributed by atoms with Gasteiger partial charge in [-0.25, -0.2) is 4.39 Å². The van der Waals surface area contributed by atoms with Crippen LogP contribution < -0.4 is 0 Å². The van der Waals surface area contributed by atoms with Crippen molar-refractivity contribution in [3.05, 3.63) is 41.7 Å². The molecule has 1 N–H and O–H groups in total. The zero-order valence-corrected chi connectivity index (χ0v) is 6.96. The first kappa shape index (κ1) is 9.45. The lowest BCUT2D eigenvalue weighted by atomic mass is 10.1. The summed E-state index contributed by atoms with van der Waals surface area (Å²) in [5.41, 5.74) is 0.587. The number of benzene rings is 1. The first-order valence-electron chi connectivity index (χ1n) is 3.76. The van der Waals surface area contributed by atoms with Crippen LogP contribution in [-0.2, 0) is 6.42 Å². The zero-order valence-electron chi connectivity index (χ0n) is 6.96. The predicted octanol–water partition coefficient (Wildman–Crippen LogP) is 2.07. The highest BCUT2D eigenvalue weighted by atomic mass is 19.1. The first-order chi connectivity index (χ1) is 6.19. The number of aromatic hydroxyl groups is 1. The molecule has 0 saturated carbocycles. The van der Waals surface area contributed by atoms with Crippen LogP contribution in [-0.4, -0.2) is 11.4 Å². The largest absolute Gasteiger partial charge is 0.505 e. The Morgan fingerprint density at radius 2 is 2.23 bits per heavy atom. The smallest absolute Gasteiger partial charge is 0.165 e. The number of allylic oxidation sites excluding steroid dienone is 1. The van der Waals surface area contributed by atoms with Gasteiger partial charge in [0, 0.05) is 11.1 Å². The fourth-order valence-electron chi connectivity index (χ4n) is 1.06. The molecular weight excluding hydrogens is 171 g/mol. The fraction of sp³-hybridized carbons (Fsp3) is 0.100. The maximum atomic E-state index is 12.9. The van der Waals surface area contributed by atoms with Crippen molar-refractivity contribution in [1.29, 1.82) is 0 Å². The van der Waals surface area contributed by atoms with E-state index < -0.39 is 11.6 Å². The van der Waals surface area contributed by atoms with Crippen LogP contribution in [0.1, 0.15) is 15.9 Å². The van der Waals surface area contributed by atoms with Gasteiger partial charge < -0.3 is 5.11 Å². The average Bonchev–Trinajstić information content (AvgIpc) is 2.13. The highest BCUT2D eigenvalue weighted by Gasteiger charge is 2.07. The van der Waals surface area contributed by atoms with Gasteiger partial charge in [-0.2, -0.15) is 0 Å². The van der Waals surface area contributed by atoms with E-state index in [0.29, 0.717) is 18.3 Å². The Bertz CT molecular complexity index is 345. The maximum absolute atomic E-state index is 12.9. The summed E-state index contributed by atoms with van der Waals surface area (Å²) >= 11 is 0. The molecule has 0 fully saturated rings. The van der Waals surface area contributed by atoms with Crippen molar-refractivity contribution in [2.45, 2.75) is 6.42 Å². The third kappa shape index (κ3) is 1.93. The van der Waals surface area contributed by atoms with E-state index in [0.717, 1.165) is 6.07 Å². The van der Waals surface area contributed by atoms with E-state index in [4.69, 9.17) is 0 Å². The molecule has 13 heavy (non-hydrogen) atoms. The number of aldehydes is 1. The Morgan fingerprint density at radius 3 is 2.77 bits per heavy atom. The number of phenols is 1. The molecule has 0 heterocycles. The van der Waals surface area contributed by atoms with Crippen LogP contribution >= 0.6 is 0 Å². The van der Waals surface area contributed by atoms with Gasteiger partial charge in [0.1, 0.15) is 6.29 Å². The summed E-state index contributed by atoms with van der Waals surface area (Å²) in [7, 11) is 0. The molecule has 0 amide bonds. The standard InChI is InChI=1S/C10H9FO2/c1-2-3-8-4-7(6-12)5-9(11)10(8)13/h2,4-6,13H,1,3H2. The van der Waals surface area contributed by atoms with Crippen molar-refractivity contribution in [3.63, 3.8) is 0 Å². The molecule has 1 rings (SSSR count). The third-order valence-corrected chi connectivity index (χ3v) is 1.67. The first-order valence-corrected chi connectivity index (χ1v) is 3.76. The minimum atomic E-state index is -0.776. The van der Waals surface area contributed by atoms with Gasteiger partial charge in [-0.15, -0.1) is 6.58 Å². The summed E-state index contributed by atoms with van der Waals surface area (Å²) in [6.07, 6.45) is 2.41. The Hall–Kier alpha value is -1.64. The van der Waals surface area contributed by atoms with Gasteiger partial charge in [0.05, 0.1) is 0 Å². The SMILES string of the molecule is C=CCc1cc(C=O)cc(F)c1O. The monoisotopic (exact) mass is 180 g/mol. The van der Waals surface area contributed by atoms with Crippen molar-refractivity contribution < 1.29 is 14.3 Å². The molecule has 0 saturated heterocycles. The summed E-state index contributed by atoms with van der Waals surface area (Å²) in [4.78, 5) is 10.4. The molecule has 1 aromatic rings. The van der Waals surface area contributed by atoms with Crippen LogP contribution in [0.15, 0.2) is 24.8 Å². The molecule has 0 atom stereocenters. The van der Waals surface area contributed by atoms with Gasteiger partial charge in [0.25, 0.3) is 0 Å². The van der Waals surface area contributed by atoms with E-state index in [1.165, 1.54) is 12.1 Å².